The van der Waals surface area contributed by atoms with Crippen LogP contribution in [-0.4, -0.2) is 9.97 Å². The number of fused-ring (bicyclic) bond motifs is 3. The molecule has 0 N–H and O–H groups in total. The lowest BCUT2D eigenvalue weighted by atomic mass is 9.85. The molecule has 1 saturated carbocycles. The van der Waals surface area contributed by atoms with E-state index in [2.05, 4.69) is 125 Å². The summed E-state index contributed by atoms with van der Waals surface area (Å²) in [7, 11) is 0. The molecule has 0 spiro atoms. The van der Waals surface area contributed by atoms with Crippen molar-refractivity contribution in [2.75, 3.05) is 0 Å². The summed E-state index contributed by atoms with van der Waals surface area (Å²) in [6, 6.07) is 47.0. The molecule has 1 fully saturated rings. The zero-order valence-corrected chi connectivity index (χ0v) is 24.8. The van der Waals surface area contributed by atoms with E-state index in [1.54, 1.807) is 0 Å². The summed E-state index contributed by atoms with van der Waals surface area (Å²) >= 11 is 0. The first-order valence-electron chi connectivity index (χ1n) is 15.7. The topological polar surface area (TPSA) is 25.8 Å². The predicted molar refractivity (Wildman–Crippen MR) is 188 cm³/mol. The zero-order valence-electron chi connectivity index (χ0n) is 24.8. The van der Waals surface area contributed by atoms with Crippen LogP contribution in [0.25, 0.3) is 76.8 Å². The van der Waals surface area contributed by atoms with Crippen molar-refractivity contribution in [1.29, 1.82) is 0 Å². The minimum atomic E-state index is 0.720. The summed E-state index contributed by atoms with van der Waals surface area (Å²) in [6.45, 7) is 0. The molecule has 0 unspecified atom stereocenters. The second-order valence-corrected chi connectivity index (χ2v) is 12.2. The summed E-state index contributed by atoms with van der Waals surface area (Å²) in [5.74, 6) is 0.720. The van der Waals surface area contributed by atoms with Crippen molar-refractivity contribution in [3.05, 3.63) is 158 Å². The Morgan fingerprint density at radius 2 is 0.978 bits per heavy atom. The van der Waals surface area contributed by atoms with Gasteiger partial charge in [0.1, 0.15) is 0 Å². The van der Waals surface area contributed by atoms with Crippen molar-refractivity contribution in [1.82, 2.24) is 9.97 Å². The molecule has 2 nitrogen and oxygen atoms in total. The van der Waals surface area contributed by atoms with Gasteiger partial charge < -0.3 is 0 Å². The molecule has 2 aromatic heterocycles. The van der Waals surface area contributed by atoms with Gasteiger partial charge in [0.15, 0.2) is 0 Å². The quantitative estimate of drug-likeness (QED) is 0.191. The molecule has 0 atom stereocenters. The molecule has 6 aromatic carbocycles. The Hall–Kier alpha value is -5.60. The number of rotatable bonds is 5. The standard InChI is InChI=1S/C43H30N2/c1-3-10-40-38(8-1)42(33-7-5-6-31(22-33)28-12-13-28)39-9-2-4-11-41(39)43(40)34-17-15-29-14-16-32(23-35(29)24-34)37-25-36(26-45-27-37)30-18-20-44-21-19-30/h1-11,14-28H,12-13H2. The monoisotopic (exact) mass is 574 g/mol. The molecule has 0 aliphatic heterocycles. The van der Waals surface area contributed by atoms with Gasteiger partial charge in [0.05, 0.1) is 0 Å². The van der Waals surface area contributed by atoms with Gasteiger partial charge in [0.25, 0.3) is 0 Å². The highest BCUT2D eigenvalue weighted by atomic mass is 14.6. The number of hydrogen-bond donors (Lipinski definition) is 0. The average Bonchev–Trinajstić information content (AvgIpc) is 3.97. The zero-order chi connectivity index (χ0) is 29.7. The maximum absolute atomic E-state index is 4.58. The van der Waals surface area contributed by atoms with Crippen molar-refractivity contribution < 1.29 is 0 Å². The first kappa shape index (κ1) is 25.9. The molecule has 212 valence electrons. The molecule has 0 amide bonds. The van der Waals surface area contributed by atoms with Gasteiger partial charge in [-0.3, -0.25) is 9.97 Å². The molecule has 1 aliphatic carbocycles. The normalized spacial score (nSPS) is 13.1. The Labute approximate surface area is 262 Å². The van der Waals surface area contributed by atoms with Gasteiger partial charge >= 0.3 is 0 Å². The maximum Gasteiger partial charge on any atom is 0.0346 e. The summed E-state index contributed by atoms with van der Waals surface area (Å²) in [5, 5.41) is 7.61. The number of hydrogen-bond acceptors (Lipinski definition) is 2. The van der Waals surface area contributed by atoms with Gasteiger partial charge in [-0.15, -0.1) is 0 Å². The van der Waals surface area contributed by atoms with Crippen LogP contribution >= 0.6 is 0 Å². The molecular formula is C43H30N2. The predicted octanol–water partition coefficient (Wildman–Crippen LogP) is 11.5. The third-order valence-electron chi connectivity index (χ3n) is 9.37. The lowest BCUT2D eigenvalue weighted by molar-refractivity contribution is 1.13. The highest BCUT2D eigenvalue weighted by Gasteiger charge is 2.24. The molecule has 2 heterocycles. The minimum Gasteiger partial charge on any atom is -0.265 e. The molecular weight excluding hydrogens is 544 g/mol. The van der Waals surface area contributed by atoms with E-state index >= 15 is 0 Å². The summed E-state index contributed by atoms with van der Waals surface area (Å²) in [6.07, 6.45) is 10.1. The SMILES string of the molecule is c1cc(-c2c3ccccc3c(-c3ccc4ccc(-c5cncc(-c6ccncc6)c5)cc4c3)c3ccccc23)cc(C2CC2)c1. The van der Waals surface area contributed by atoms with Crippen molar-refractivity contribution in [2.24, 2.45) is 0 Å². The van der Waals surface area contributed by atoms with Gasteiger partial charge in [0.2, 0.25) is 0 Å². The number of nitrogens with zero attached hydrogens (tertiary/aromatic N) is 2. The molecule has 0 saturated heterocycles. The van der Waals surface area contributed by atoms with Crippen LogP contribution in [-0.2, 0) is 0 Å². The van der Waals surface area contributed by atoms with Crippen molar-refractivity contribution >= 4 is 32.3 Å². The Kier molecular flexibility index (Phi) is 6.05. The molecule has 8 aromatic rings. The molecule has 0 radical (unpaired) electrons. The van der Waals surface area contributed by atoms with E-state index in [9.17, 15) is 0 Å². The second-order valence-electron chi connectivity index (χ2n) is 12.2. The molecule has 2 heteroatoms. The van der Waals surface area contributed by atoms with E-state index in [0.29, 0.717) is 0 Å². The summed E-state index contributed by atoms with van der Waals surface area (Å²) < 4.78 is 0. The van der Waals surface area contributed by atoms with E-state index in [0.717, 1.165) is 28.2 Å². The lowest BCUT2D eigenvalue weighted by Gasteiger charge is -2.18. The highest BCUT2D eigenvalue weighted by Crippen LogP contribution is 2.46. The molecule has 1 aliphatic rings. The van der Waals surface area contributed by atoms with E-state index in [-0.39, 0.29) is 0 Å². The van der Waals surface area contributed by atoms with Crippen molar-refractivity contribution in [2.45, 2.75) is 18.8 Å². The first-order chi connectivity index (χ1) is 22.3. The van der Waals surface area contributed by atoms with Gasteiger partial charge in [0, 0.05) is 35.9 Å². The molecule has 0 bridgehead atoms. The number of pyridine rings is 2. The van der Waals surface area contributed by atoms with E-state index in [1.807, 2.05) is 36.9 Å². The van der Waals surface area contributed by atoms with Gasteiger partial charge in [-0.2, -0.15) is 0 Å². The fourth-order valence-corrected chi connectivity index (χ4v) is 7.00. The van der Waals surface area contributed by atoms with Crippen LogP contribution < -0.4 is 0 Å². The van der Waals surface area contributed by atoms with Gasteiger partial charge in [-0.05, 0) is 120 Å². The number of aromatic nitrogens is 2. The third-order valence-corrected chi connectivity index (χ3v) is 9.37. The first-order valence-corrected chi connectivity index (χ1v) is 15.7. The maximum atomic E-state index is 4.58. The van der Waals surface area contributed by atoms with Crippen LogP contribution in [0.4, 0.5) is 0 Å². The van der Waals surface area contributed by atoms with Crippen LogP contribution in [0.1, 0.15) is 24.3 Å². The van der Waals surface area contributed by atoms with Gasteiger partial charge in [-0.25, -0.2) is 0 Å². The Balaban J connectivity index is 1.22. The Morgan fingerprint density at radius 3 is 1.62 bits per heavy atom. The molecule has 45 heavy (non-hydrogen) atoms. The van der Waals surface area contributed by atoms with E-state index in [1.165, 1.54) is 73.0 Å². The van der Waals surface area contributed by atoms with E-state index in [4.69, 9.17) is 0 Å². The second kappa shape index (κ2) is 10.5. The minimum absolute atomic E-state index is 0.720. The van der Waals surface area contributed by atoms with Crippen molar-refractivity contribution in [3.63, 3.8) is 0 Å². The van der Waals surface area contributed by atoms with Crippen LogP contribution in [0.15, 0.2) is 152 Å². The Bertz CT molecular complexity index is 2330. The lowest BCUT2D eigenvalue weighted by Crippen LogP contribution is -1.92. The fourth-order valence-electron chi connectivity index (χ4n) is 7.00. The smallest absolute Gasteiger partial charge is 0.0346 e. The van der Waals surface area contributed by atoms with Crippen LogP contribution in [0.2, 0.25) is 0 Å². The van der Waals surface area contributed by atoms with Gasteiger partial charge in [-0.1, -0.05) is 97.1 Å². The summed E-state index contributed by atoms with van der Waals surface area (Å²) in [4.78, 5) is 8.75. The van der Waals surface area contributed by atoms with Crippen LogP contribution in [0.5, 0.6) is 0 Å². The highest BCUT2D eigenvalue weighted by molar-refractivity contribution is 6.21. The third kappa shape index (κ3) is 4.58. The Morgan fingerprint density at radius 1 is 0.400 bits per heavy atom. The number of benzene rings is 6. The van der Waals surface area contributed by atoms with Crippen LogP contribution in [0.3, 0.4) is 0 Å². The van der Waals surface area contributed by atoms with E-state index < -0.39 is 0 Å². The average molecular weight is 575 g/mol. The van der Waals surface area contributed by atoms with Crippen LogP contribution in [0, 0.1) is 0 Å². The fraction of sp³-hybridized carbons (Fsp3) is 0.0698. The molecule has 9 rings (SSSR count). The largest absolute Gasteiger partial charge is 0.265 e. The summed E-state index contributed by atoms with van der Waals surface area (Å²) in [5.41, 5.74) is 11.1. The van der Waals surface area contributed by atoms with Crippen molar-refractivity contribution in [3.8, 4) is 44.5 Å².